The van der Waals surface area contributed by atoms with Crippen LogP contribution in [0.2, 0.25) is 5.02 Å². The monoisotopic (exact) mass is 535 g/mol. The van der Waals surface area contributed by atoms with Gasteiger partial charge in [0.2, 0.25) is 10.0 Å². The van der Waals surface area contributed by atoms with Crippen LogP contribution in [-0.4, -0.2) is 48.9 Å². The number of sulfonamides is 1. The Labute approximate surface area is 212 Å². The number of hydrogen-bond donors (Lipinski definition) is 0. The maximum Gasteiger partial charge on any atom is 0.325 e. The molecule has 8 nitrogen and oxygen atoms in total. The van der Waals surface area contributed by atoms with E-state index in [4.69, 9.17) is 16.3 Å². The number of thiazole rings is 1. The van der Waals surface area contributed by atoms with Crippen LogP contribution in [0.3, 0.4) is 0 Å². The fourth-order valence-electron chi connectivity index (χ4n) is 4.23. The lowest BCUT2D eigenvalue weighted by Gasteiger charge is -2.34. The summed E-state index contributed by atoms with van der Waals surface area (Å²) in [6.45, 7) is 2.39. The molecule has 1 amide bonds. The number of carbonyl (C=O) groups is 2. The Morgan fingerprint density at radius 3 is 2.60 bits per heavy atom. The molecular formula is C24H26ClN3O5S2. The number of halogens is 1. The summed E-state index contributed by atoms with van der Waals surface area (Å²) < 4.78 is 35.1. The maximum absolute atomic E-state index is 13.2. The van der Waals surface area contributed by atoms with Gasteiger partial charge in [0.05, 0.1) is 22.2 Å². The molecule has 0 N–H and O–H groups in total. The third kappa shape index (κ3) is 5.35. The van der Waals surface area contributed by atoms with Crippen LogP contribution >= 0.6 is 22.9 Å². The highest BCUT2D eigenvalue weighted by Crippen LogP contribution is 2.27. The fraction of sp³-hybridized carbons (Fsp3) is 0.375. The largest absolute Gasteiger partial charge is 0.468 e. The van der Waals surface area contributed by atoms with Gasteiger partial charge in [0.15, 0.2) is 4.80 Å². The van der Waals surface area contributed by atoms with Crippen molar-refractivity contribution in [1.82, 2.24) is 8.87 Å². The zero-order valence-electron chi connectivity index (χ0n) is 19.4. The highest BCUT2D eigenvalue weighted by atomic mass is 35.5. The van der Waals surface area contributed by atoms with E-state index >= 15 is 0 Å². The van der Waals surface area contributed by atoms with Gasteiger partial charge in [-0.2, -0.15) is 9.30 Å². The number of benzene rings is 2. The van der Waals surface area contributed by atoms with E-state index in [1.54, 1.807) is 27.1 Å². The summed E-state index contributed by atoms with van der Waals surface area (Å²) >= 11 is 7.32. The summed E-state index contributed by atoms with van der Waals surface area (Å²) in [6, 6.07) is 11.0. The van der Waals surface area contributed by atoms with Crippen molar-refractivity contribution in [2.45, 2.75) is 50.1 Å². The number of fused-ring (bicyclic) bond motifs is 1. The molecule has 1 saturated heterocycles. The molecule has 1 fully saturated rings. The van der Waals surface area contributed by atoms with Crippen molar-refractivity contribution in [2.24, 2.45) is 4.99 Å². The van der Waals surface area contributed by atoms with Crippen molar-refractivity contribution >= 4 is 55.1 Å². The smallest absolute Gasteiger partial charge is 0.325 e. The Hall–Kier alpha value is -2.53. The molecule has 11 heteroatoms. The number of carbonyl (C=O) groups excluding carboxylic acids is 2. The Bertz CT molecular complexity index is 1430. The van der Waals surface area contributed by atoms with E-state index in [9.17, 15) is 18.0 Å². The number of methoxy groups -OCH3 is 1. The molecule has 3 aromatic rings. The van der Waals surface area contributed by atoms with Gasteiger partial charge in [-0.05, 0) is 61.7 Å². The number of piperidine rings is 1. The molecule has 1 aliphatic heterocycles. The summed E-state index contributed by atoms with van der Waals surface area (Å²) in [5.74, 6) is -1.03. The molecule has 2 heterocycles. The van der Waals surface area contributed by atoms with Crippen molar-refractivity contribution in [3.05, 3.63) is 57.9 Å². The van der Waals surface area contributed by atoms with Crippen LogP contribution < -0.4 is 4.80 Å². The quantitative estimate of drug-likeness (QED) is 0.440. The van der Waals surface area contributed by atoms with E-state index in [0.717, 1.165) is 30.4 Å². The zero-order chi connectivity index (χ0) is 25.2. The van der Waals surface area contributed by atoms with E-state index in [1.165, 1.54) is 42.7 Å². The van der Waals surface area contributed by atoms with Crippen LogP contribution in [-0.2, 0) is 26.1 Å². The van der Waals surface area contributed by atoms with Crippen molar-refractivity contribution in [3.63, 3.8) is 0 Å². The number of amides is 1. The maximum atomic E-state index is 13.2. The first kappa shape index (κ1) is 25.6. The summed E-state index contributed by atoms with van der Waals surface area (Å²) in [6.07, 6.45) is 3.49. The summed E-state index contributed by atoms with van der Waals surface area (Å²) in [4.78, 5) is 29.6. The molecule has 0 aliphatic carbocycles. The minimum Gasteiger partial charge on any atom is -0.468 e. The minimum absolute atomic E-state index is 0.00298. The number of nitrogens with zero attached hydrogens (tertiary/aromatic N) is 3. The van der Waals surface area contributed by atoms with Crippen molar-refractivity contribution < 1.29 is 22.7 Å². The van der Waals surface area contributed by atoms with Gasteiger partial charge in [0.1, 0.15) is 6.54 Å². The van der Waals surface area contributed by atoms with Crippen molar-refractivity contribution in [2.75, 3.05) is 13.7 Å². The van der Waals surface area contributed by atoms with Gasteiger partial charge in [-0.1, -0.05) is 36.3 Å². The Kier molecular flexibility index (Phi) is 7.75. The molecule has 0 saturated carbocycles. The second-order valence-electron chi connectivity index (χ2n) is 8.27. The molecule has 1 aromatic heterocycles. The number of esters is 1. The molecular weight excluding hydrogens is 510 g/mol. The van der Waals surface area contributed by atoms with Crippen LogP contribution in [0, 0.1) is 0 Å². The van der Waals surface area contributed by atoms with E-state index in [-0.39, 0.29) is 23.0 Å². The molecule has 186 valence electrons. The van der Waals surface area contributed by atoms with Gasteiger partial charge in [0, 0.05) is 23.2 Å². The average molecular weight is 536 g/mol. The predicted octanol–water partition coefficient (Wildman–Crippen LogP) is 4.22. The van der Waals surface area contributed by atoms with Gasteiger partial charge >= 0.3 is 5.97 Å². The van der Waals surface area contributed by atoms with Gasteiger partial charge < -0.3 is 9.30 Å². The van der Waals surface area contributed by atoms with Gasteiger partial charge in [-0.3, -0.25) is 9.59 Å². The Morgan fingerprint density at radius 2 is 1.91 bits per heavy atom. The van der Waals surface area contributed by atoms with E-state index in [0.29, 0.717) is 21.9 Å². The van der Waals surface area contributed by atoms with Crippen molar-refractivity contribution in [1.29, 1.82) is 0 Å². The lowest BCUT2D eigenvalue weighted by Crippen LogP contribution is -2.43. The SMILES string of the molecule is CCC1CCCCN1S(=O)(=O)c1ccc(C(=O)N=c2sc3cc(Cl)ccc3n2CC(=O)OC)cc1. The lowest BCUT2D eigenvalue weighted by molar-refractivity contribution is -0.141. The molecule has 0 spiro atoms. The number of aromatic nitrogens is 1. The molecule has 35 heavy (non-hydrogen) atoms. The minimum atomic E-state index is -3.64. The Balaban J connectivity index is 1.66. The van der Waals surface area contributed by atoms with Crippen LogP contribution in [0.4, 0.5) is 0 Å². The first-order valence-corrected chi connectivity index (χ1v) is 13.9. The molecule has 0 radical (unpaired) electrons. The topological polar surface area (TPSA) is 98.0 Å². The van der Waals surface area contributed by atoms with Gasteiger partial charge in [0.25, 0.3) is 5.91 Å². The molecule has 1 atom stereocenters. The normalized spacial score (nSPS) is 17.6. The Morgan fingerprint density at radius 1 is 1.17 bits per heavy atom. The van der Waals surface area contributed by atoms with E-state index < -0.39 is 21.9 Å². The van der Waals surface area contributed by atoms with Crippen LogP contribution in [0.5, 0.6) is 0 Å². The molecule has 0 bridgehead atoms. The van der Waals surface area contributed by atoms with Gasteiger partial charge in [-0.25, -0.2) is 8.42 Å². The van der Waals surface area contributed by atoms with Crippen LogP contribution in [0.15, 0.2) is 52.4 Å². The second-order valence-corrected chi connectivity index (χ2v) is 11.6. The highest BCUT2D eigenvalue weighted by molar-refractivity contribution is 7.89. The average Bonchev–Trinajstić information content (AvgIpc) is 3.19. The van der Waals surface area contributed by atoms with Crippen LogP contribution in [0.1, 0.15) is 43.0 Å². The van der Waals surface area contributed by atoms with E-state index in [1.807, 2.05) is 6.92 Å². The van der Waals surface area contributed by atoms with Crippen molar-refractivity contribution in [3.8, 4) is 0 Å². The third-order valence-electron chi connectivity index (χ3n) is 6.11. The predicted molar refractivity (Wildman–Crippen MR) is 135 cm³/mol. The number of hydrogen-bond acceptors (Lipinski definition) is 6. The first-order chi connectivity index (χ1) is 16.7. The highest BCUT2D eigenvalue weighted by Gasteiger charge is 2.32. The molecule has 1 aliphatic rings. The number of ether oxygens (including phenoxy) is 1. The molecule has 4 rings (SSSR count). The lowest BCUT2D eigenvalue weighted by atomic mass is 10.0. The van der Waals surface area contributed by atoms with Crippen LogP contribution in [0.25, 0.3) is 10.2 Å². The third-order valence-corrected chi connectivity index (χ3v) is 9.35. The summed E-state index contributed by atoms with van der Waals surface area (Å²) in [7, 11) is -2.35. The molecule has 2 aromatic carbocycles. The molecule has 1 unspecified atom stereocenters. The summed E-state index contributed by atoms with van der Waals surface area (Å²) in [5, 5.41) is 0.526. The standard InChI is InChI=1S/C24H26ClN3O5S2/c1-3-18-6-4-5-13-28(18)35(31,32)19-10-7-16(8-11-19)23(30)26-24-27(15-22(29)33-2)20-12-9-17(25)14-21(20)34-24/h7-12,14,18H,3-6,13,15H2,1-2H3. The fourth-order valence-corrected chi connectivity index (χ4v) is 7.30. The first-order valence-electron chi connectivity index (χ1n) is 11.3. The van der Waals surface area contributed by atoms with E-state index in [2.05, 4.69) is 4.99 Å². The van der Waals surface area contributed by atoms with Gasteiger partial charge in [-0.15, -0.1) is 0 Å². The summed E-state index contributed by atoms with van der Waals surface area (Å²) in [5.41, 5.74) is 0.944. The second kappa shape index (κ2) is 10.6. The zero-order valence-corrected chi connectivity index (χ0v) is 21.8. The number of rotatable bonds is 6.